The zero-order chi connectivity index (χ0) is 26.8. The van der Waals surface area contributed by atoms with E-state index in [2.05, 4.69) is 25.1 Å². The number of nitrogen functional groups attached to an aromatic ring is 1. The molecule has 17 heteroatoms. The van der Waals surface area contributed by atoms with Crippen LogP contribution in [0.3, 0.4) is 0 Å². The molecule has 14 nitrogen and oxygen atoms in total. The molecule has 6 atom stereocenters. The summed E-state index contributed by atoms with van der Waals surface area (Å²) in [6.45, 7) is 0.234. The first-order valence-electron chi connectivity index (χ1n) is 10.6. The van der Waals surface area contributed by atoms with Gasteiger partial charge in [0.15, 0.2) is 11.9 Å². The van der Waals surface area contributed by atoms with Gasteiger partial charge in [0.25, 0.3) is 0 Å². The van der Waals surface area contributed by atoms with E-state index in [1.807, 2.05) is 0 Å². The van der Waals surface area contributed by atoms with Gasteiger partial charge < -0.3 is 25.2 Å². The van der Waals surface area contributed by atoms with E-state index < -0.39 is 50.5 Å². The van der Waals surface area contributed by atoms with Crippen LogP contribution in [0.2, 0.25) is 0 Å². The number of carboxylic acid groups (broad SMARTS) is 1. The molecule has 1 fully saturated rings. The molecule has 1 aliphatic heterocycles. The second-order valence-electron chi connectivity index (χ2n) is 7.95. The van der Waals surface area contributed by atoms with E-state index in [0.29, 0.717) is 4.70 Å². The maximum absolute atomic E-state index is 15.4. The molecule has 37 heavy (non-hydrogen) atoms. The number of aliphatic hydroxyl groups is 1. The zero-order valence-electron chi connectivity index (χ0n) is 19.0. The number of carbonyl (C=O) groups is 1. The summed E-state index contributed by atoms with van der Waals surface area (Å²) in [5.74, 6) is -1.14. The van der Waals surface area contributed by atoms with E-state index in [0.717, 1.165) is 11.3 Å². The highest BCUT2D eigenvalue weighted by Crippen LogP contribution is 2.50. The molecule has 1 aliphatic rings. The predicted molar refractivity (Wildman–Crippen MR) is 129 cm³/mol. The molecule has 0 amide bonds. The van der Waals surface area contributed by atoms with Crippen molar-refractivity contribution < 1.29 is 37.7 Å². The minimum atomic E-state index is -4.50. The Hall–Kier alpha value is -3.36. The molecule has 2 aromatic heterocycles. The van der Waals surface area contributed by atoms with Crippen molar-refractivity contribution in [3.8, 4) is 5.75 Å². The fraction of sp³-hybridized carbons (Fsp3) is 0.350. The Balaban J connectivity index is 1.64. The molecule has 0 bridgehead atoms. The van der Waals surface area contributed by atoms with Gasteiger partial charge in [0.05, 0.1) is 16.8 Å². The number of azide groups is 1. The van der Waals surface area contributed by atoms with Crippen molar-refractivity contribution in [1.29, 1.82) is 0 Å². The van der Waals surface area contributed by atoms with Gasteiger partial charge in [-0.05, 0) is 30.0 Å². The number of para-hydroxylation sites is 1. The maximum Gasteiger partial charge on any atom is 0.459 e. The minimum Gasteiger partial charge on any atom is -0.480 e. The van der Waals surface area contributed by atoms with Gasteiger partial charge in [-0.15, -0.1) is 11.3 Å². The van der Waals surface area contributed by atoms with Crippen LogP contribution < -0.4 is 15.3 Å². The number of nitrogens with one attached hydrogen (secondary N) is 1. The topological polar surface area (TPSA) is 215 Å². The molecule has 3 aromatic rings. The van der Waals surface area contributed by atoms with E-state index in [1.165, 1.54) is 30.8 Å². The molecular formula is C20H21FN7O7PS. The summed E-state index contributed by atoms with van der Waals surface area (Å²) in [5, 5.41) is 27.2. The first kappa shape index (κ1) is 26.7. The highest BCUT2D eigenvalue weighted by Gasteiger charge is 2.57. The van der Waals surface area contributed by atoms with Crippen LogP contribution in [-0.2, 0) is 18.6 Å². The number of aliphatic hydroxyl groups excluding tert-OH is 1. The van der Waals surface area contributed by atoms with Crippen molar-refractivity contribution in [1.82, 2.24) is 15.1 Å². The average Bonchev–Trinajstić information content (AvgIpc) is 3.40. The van der Waals surface area contributed by atoms with E-state index in [4.69, 9.17) is 25.0 Å². The quantitative estimate of drug-likeness (QED) is 0.124. The third-order valence-electron chi connectivity index (χ3n) is 5.45. The number of nitrogens with two attached hydrogens (primary N) is 1. The van der Waals surface area contributed by atoms with Crippen molar-refractivity contribution >= 4 is 41.1 Å². The number of carboxylic acids is 1. The molecule has 196 valence electrons. The summed E-state index contributed by atoms with van der Waals surface area (Å²) in [5.41, 5.74) is 13.1. The van der Waals surface area contributed by atoms with Crippen molar-refractivity contribution in [2.75, 3.05) is 12.3 Å². The normalized spacial score (nSPS) is 25.8. The number of hydrogen-bond donors (Lipinski definition) is 4. The van der Waals surface area contributed by atoms with Gasteiger partial charge >= 0.3 is 13.7 Å². The van der Waals surface area contributed by atoms with Crippen molar-refractivity contribution in [3.05, 3.63) is 58.0 Å². The molecule has 0 radical (unpaired) electrons. The zero-order valence-corrected chi connectivity index (χ0v) is 20.8. The number of hydrogen-bond acceptors (Lipinski definition) is 11. The number of halogens is 1. The Morgan fingerprint density at radius 1 is 1.46 bits per heavy atom. The second-order valence-corrected chi connectivity index (χ2v) is 10.5. The lowest BCUT2D eigenvalue weighted by molar-refractivity contribution is -0.138. The molecule has 0 spiro atoms. The van der Waals surface area contributed by atoms with Crippen LogP contribution in [0, 0.1) is 0 Å². The Kier molecular flexibility index (Phi) is 7.62. The molecule has 4 rings (SSSR count). The van der Waals surface area contributed by atoms with Crippen LogP contribution in [0.15, 0.2) is 47.2 Å². The van der Waals surface area contributed by atoms with Crippen LogP contribution in [0.25, 0.3) is 20.7 Å². The minimum absolute atomic E-state index is 0.0601. The van der Waals surface area contributed by atoms with E-state index in [9.17, 15) is 19.6 Å². The lowest BCUT2D eigenvalue weighted by Crippen LogP contribution is -2.45. The Morgan fingerprint density at radius 3 is 2.86 bits per heavy atom. The highest BCUT2D eigenvalue weighted by atomic mass is 32.1. The first-order chi connectivity index (χ1) is 17.6. The number of fused-ring (bicyclic) bond motifs is 1. The van der Waals surface area contributed by atoms with Crippen LogP contribution >= 0.6 is 19.1 Å². The third-order valence-corrected chi connectivity index (χ3v) is 8.08. The summed E-state index contributed by atoms with van der Waals surface area (Å²) in [7, 11) is -4.50. The van der Waals surface area contributed by atoms with Crippen molar-refractivity contribution in [2.45, 2.75) is 37.1 Å². The maximum atomic E-state index is 15.4. The lowest BCUT2D eigenvalue weighted by Gasteiger charge is -2.29. The van der Waals surface area contributed by atoms with Crippen LogP contribution in [0.5, 0.6) is 5.75 Å². The number of aliphatic carboxylic acids is 1. The van der Waals surface area contributed by atoms with Crippen molar-refractivity contribution in [3.63, 3.8) is 0 Å². The fourth-order valence-electron chi connectivity index (χ4n) is 3.58. The van der Waals surface area contributed by atoms with Gasteiger partial charge in [-0.2, -0.15) is 5.09 Å². The fourth-order valence-corrected chi connectivity index (χ4v) is 6.04. The van der Waals surface area contributed by atoms with Gasteiger partial charge in [-0.3, -0.25) is 9.32 Å². The van der Waals surface area contributed by atoms with Crippen LogP contribution in [-0.4, -0.2) is 56.8 Å². The number of benzene rings is 1. The summed E-state index contributed by atoms with van der Waals surface area (Å²) in [6.07, 6.45) is -4.47. The van der Waals surface area contributed by atoms with Crippen LogP contribution in [0.4, 0.5) is 10.2 Å². The number of nitrogens with zero attached hydrogens (tertiary/aromatic N) is 5. The molecule has 0 saturated carbocycles. The first-order valence-corrected chi connectivity index (χ1v) is 13.0. The average molecular weight is 553 g/mol. The molecule has 5 N–H and O–H groups in total. The van der Waals surface area contributed by atoms with Crippen LogP contribution in [0.1, 0.15) is 18.6 Å². The van der Waals surface area contributed by atoms with Gasteiger partial charge in [0.2, 0.25) is 0 Å². The second kappa shape index (κ2) is 10.6. The number of ether oxygens (including phenoxy) is 1. The number of anilines is 1. The largest absolute Gasteiger partial charge is 0.480 e. The number of alkyl halides is 1. The Labute approximate surface area is 212 Å². The van der Waals surface area contributed by atoms with E-state index in [-0.39, 0.29) is 22.6 Å². The monoisotopic (exact) mass is 553 g/mol. The molecule has 1 saturated heterocycles. The van der Waals surface area contributed by atoms with E-state index in [1.54, 1.807) is 18.2 Å². The van der Waals surface area contributed by atoms with Gasteiger partial charge in [0.1, 0.15) is 36.1 Å². The lowest BCUT2D eigenvalue weighted by atomic mass is 10.0. The Morgan fingerprint density at radius 2 is 2.19 bits per heavy atom. The summed E-state index contributed by atoms with van der Waals surface area (Å²) >= 11 is 1.13. The summed E-state index contributed by atoms with van der Waals surface area (Å²) in [4.78, 5) is 22.0. The van der Waals surface area contributed by atoms with Gasteiger partial charge in [-0.1, -0.05) is 23.3 Å². The molecule has 2 unspecified atom stereocenters. The smallest absolute Gasteiger partial charge is 0.459 e. The van der Waals surface area contributed by atoms with Gasteiger partial charge in [-0.25, -0.2) is 18.9 Å². The molecule has 3 heterocycles. The SMILES string of the molecule is CC(NP(=O)(OC[C@]1(N=[N+]=[N-])O[C@@H](c2csc3c(N)ncnc23)[C@H](F)[C@@H]1O)Oc1ccccc1)C(=O)O. The molecular weight excluding hydrogens is 532 g/mol. The third kappa shape index (κ3) is 5.36. The number of rotatable bonds is 10. The molecule has 1 aromatic carbocycles. The van der Waals surface area contributed by atoms with Crippen molar-refractivity contribution in [2.24, 2.45) is 5.11 Å². The van der Waals surface area contributed by atoms with E-state index >= 15 is 4.39 Å². The number of aromatic nitrogens is 2. The standard InChI is InChI=1S/C20H21FN7O7PS/c1-10(19(30)31)26-36(32,35-11-5-3-2-4-6-11)33-8-20(27-28-23)17(29)13(21)15(34-20)12-7-37-16-14(12)24-9-25-18(16)22/h2-7,9-10,13,15,17,29H,8H2,1H3,(H,26,32)(H,30,31)(H2,22,24,25)/t10?,13-,15-,17-,20-,36?/m0/s1. The Bertz CT molecular complexity index is 1390. The van der Waals surface area contributed by atoms with Gasteiger partial charge in [0, 0.05) is 10.5 Å². The predicted octanol–water partition coefficient (Wildman–Crippen LogP) is 3.32. The summed E-state index contributed by atoms with van der Waals surface area (Å²) < 4.78 is 45.9. The number of thiophene rings is 1. The molecule has 0 aliphatic carbocycles. The summed E-state index contributed by atoms with van der Waals surface area (Å²) in [6, 6.07) is 6.30. The highest BCUT2D eigenvalue weighted by molar-refractivity contribution is 7.52.